The molecule has 0 aliphatic rings. The molecule has 1 atom stereocenters. The average Bonchev–Trinajstić information content (AvgIpc) is 3.15. The highest BCUT2D eigenvalue weighted by Gasteiger charge is 2.17. The number of halogens is 1. The number of aliphatic carboxylic acids is 1. The van der Waals surface area contributed by atoms with Gasteiger partial charge in [-0.15, -0.1) is 0 Å². The Morgan fingerprint density at radius 1 is 1.25 bits per heavy atom. The minimum Gasteiger partial charge on any atom is -0.481 e. The van der Waals surface area contributed by atoms with Crippen molar-refractivity contribution >= 4 is 16.8 Å². The van der Waals surface area contributed by atoms with Crippen molar-refractivity contribution < 1.29 is 18.5 Å². The summed E-state index contributed by atoms with van der Waals surface area (Å²) in [5, 5.41) is 13.0. The fraction of sp³-hybridized carbons (Fsp3) is 0.125. The number of hydrogen-bond acceptors (Lipinski definition) is 3. The second kappa shape index (κ2) is 6.79. The molecular weight excluding hydrogens is 333 g/mol. The van der Waals surface area contributed by atoms with Crippen LogP contribution in [-0.2, 0) is 21.3 Å². The van der Waals surface area contributed by atoms with Crippen LogP contribution in [0.25, 0.3) is 11.5 Å². The van der Waals surface area contributed by atoms with E-state index in [4.69, 9.17) is 5.11 Å². The van der Waals surface area contributed by atoms with Gasteiger partial charge in [-0.05, 0) is 30.3 Å². The second-order valence-electron chi connectivity index (χ2n) is 5.10. The lowest BCUT2D eigenvalue weighted by atomic mass is 10.3. The first kappa shape index (κ1) is 16.1. The van der Waals surface area contributed by atoms with Gasteiger partial charge < -0.3 is 9.67 Å². The summed E-state index contributed by atoms with van der Waals surface area (Å²) in [6.07, 6.45) is 5.10. The molecule has 6 nitrogen and oxygen atoms in total. The summed E-state index contributed by atoms with van der Waals surface area (Å²) in [6, 6.07) is 9.61. The fourth-order valence-corrected chi connectivity index (χ4v) is 3.32. The molecule has 0 aliphatic carbocycles. The van der Waals surface area contributed by atoms with E-state index in [0.717, 1.165) is 0 Å². The topological polar surface area (TPSA) is 77.1 Å². The van der Waals surface area contributed by atoms with Crippen LogP contribution in [0.2, 0.25) is 0 Å². The number of carboxylic acid groups (broad SMARTS) is 1. The van der Waals surface area contributed by atoms with Crippen molar-refractivity contribution in [1.29, 1.82) is 0 Å². The Balaban J connectivity index is 2.05. The highest BCUT2D eigenvalue weighted by Crippen LogP contribution is 2.21. The van der Waals surface area contributed by atoms with Gasteiger partial charge in [-0.3, -0.25) is 9.00 Å². The Bertz CT molecular complexity index is 890. The number of hydrogen-bond donors (Lipinski definition) is 1. The largest absolute Gasteiger partial charge is 0.481 e. The Hall–Kier alpha value is -2.74. The molecule has 0 aliphatic heterocycles. The zero-order valence-corrected chi connectivity index (χ0v) is 13.3. The van der Waals surface area contributed by atoms with Gasteiger partial charge in [0.2, 0.25) is 0 Å². The monoisotopic (exact) mass is 347 g/mol. The molecular formula is C16H14FN3O3S. The lowest BCUT2D eigenvalue weighted by Gasteiger charge is -2.11. The zero-order valence-electron chi connectivity index (χ0n) is 12.5. The predicted molar refractivity (Wildman–Crippen MR) is 87.2 cm³/mol. The zero-order chi connectivity index (χ0) is 17.1. The molecule has 1 aromatic carbocycles. The maximum atomic E-state index is 13.5. The summed E-state index contributed by atoms with van der Waals surface area (Å²) in [7, 11) is -1.56. The van der Waals surface area contributed by atoms with Crippen molar-refractivity contribution in [3.05, 3.63) is 66.4 Å². The third kappa shape index (κ3) is 3.43. The van der Waals surface area contributed by atoms with E-state index in [2.05, 4.69) is 5.10 Å². The van der Waals surface area contributed by atoms with Crippen molar-refractivity contribution in [3.8, 4) is 11.5 Å². The molecule has 0 fully saturated rings. The molecule has 0 amide bonds. The molecule has 0 saturated heterocycles. The van der Waals surface area contributed by atoms with Crippen LogP contribution < -0.4 is 0 Å². The summed E-state index contributed by atoms with van der Waals surface area (Å²) in [5.74, 6) is -1.29. The number of rotatable bonds is 6. The van der Waals surface area contributed by atoms with Gasteiger partial charge in [0.15, 0.2) is 0 Å². The summed E-state index contributed by atoms with van der Waals surface area (Å²) in [6.45, 7) is 0. The minimum atomic E-state index is -1.56. The molecule has 3 rings (SSSR count). The Labute approximate surface area is 139 Å². The maximum Gasteiger partial charge on any atom is 0.316 e. The van der Waals surface area contributed by atoms with E-state index in [-0.39, 0.29) is 5.75 Å². The van der Waals surface area contributed by atoms with Gasteiger partial charge in [-0.25, -0.2) is 9.07 Å². The van der Waals surface area contributed by atoms with Gasteiger partial charge in [0, 0.05) is 28.8 Å². The van der Waals surface area contributed by atoms with Crippen molar-refractivity contribution in [2.24, 2.45) is 0 Å². The van der Waals surface area contributed by atoms with Crippen LogP contribution in [0.3, 0.4) is 0 Å². The number of aromatic nitrogens is 3. The normalized spacial score (nSPS) is 12.2. The second-order valence-corrected chi connectivity index (χ2v) is 6.55. The summed E-state index contributed by atoms with van der Waals surface area (Å²) in [5.41, 5.74) is 1.14. The molecule has 0 bridgehead atoms. The molecule has 0 saturated carbocycles. The summed E-state index contributed by atoms with van der Waals surface area (Å²) in [4.78, 5) is 10.7. The van der Waals surface area contributed by atoms with Crippen LogP contribution in [-0.4, -0.2) is 35.4 Å². The Morgan fingerprint density at radius 2 is 2.00 bits per heavy atom. The minimum absolute atomic E-state index is 0.0507. The van der Waals surface area contributed by atoms with Gasteiger partial charge in [0.1, 0.15) is 17.4 Å². The number of benzene rings is 1. The van der Waals surface area contributed by atoms with Crippen molar-refractivity contribution in [2.45, 2.75) is 5.75 Å². The maximum absolute atomic E-state index is 13.5. The van der Waals surface area contributed by atoms with Gasteiger partial charge >= 0.3 is 5.97 Å². The van der Waals surface area contributed by atoms with E-state index in [1.807, 2.05) is 12.1 Å². The third-order valence-electron chi connectivity index (χ3n) is 3.32. The number of carboxylic acids is 1. The molecule has 0 spiro atoms. The smallest absolute Gasteiger partial charge is 0.316 e. The predicted octanol–water partition coefficient (Wildman–Crippen LogP) is 2.14. The van der Waals surface area contributed by atoms with E-state index in [1.54, 1.807) is 29.1 Å². The SMILES string of the molecule is O=C(O)CS(=O)Cc1cnn(-c2cccc(F)c2)c1-n1cccc1. The first-order valence-electron chi connectivity index (χ1n) is 7.07. The van der Waals surface area contributed by atoms with Gasteiger partial charge in [-0.1, -0.05) is 6.07 Å². The molecule has 124 valence electrons. The number of carbonyl (C=O) groups is 1. The van der Waals surface area contributed by atoms with E-state index < -0.39 is 28.3 Å². The van der Waals surface area contributed by atoms with E-state index in [0.29, 0.717) is 17.1 Å². The molecule has 1 N–H and O–H groups in total. The van der Waals surface area contributed by atoms with Gasteiger partial charge in [-0.2, -0.15) is 5.10 Å². The first-order valence-corrected chi connectivity index (χ1v) is 8.56. The van der Waals surface area contributed by atoms with Crippen LogP contribution in [0.1, 0.15) is 5.56 Å². The highest BCUT2D eigenvalue weighted by atomic mass is 32.2. The third-order valence-corrected chi connectivity index (χ3v) is 4.52. The highest BCUT2D eigenvalue weighted by molar-refractivity contribution is 7.84. The van der Waals surface area contributed by atoms with Crippen molar-refractivity contribution in [2.75, 3.05) is 5.75 Å². The quantitative estimate of drug-likeness (QED) is 0.741. The van der Waals surface area contributed by atoms with Gasteiger partial charge in [0.05, 0.1) is 17.6 Å². The standard InChI is InChI=1S/C16H14FN3O3S/c17-13-4-3-5-14(8-13)20-16(19-6-1-2-7-19)12(9-18-20)10-24(23)11-15(21)22/h1-9H,10-11H2,(H,21,22). The Kier molecular flexibility index (Phi) is 4.57. The van der Waals surface area contributed by atoms with Crippen LogP contribution in [0.5, 0.6) is 0 Å². The van der Waals surface area contributed by atoms with Gasteiger partial charge in [0.25, 0.3) is 0 Å². The Morgan fingerprint density at radius 3 is 2.67 bits per heavy atom. The first-order chi connectivity index (χ1) is 11.5. The van der Waals surface area contributed by atoms with Crippen LogP contribution >= 0.6 is 0 Å². The summed E-state index contributed by atoms with van der Waals surface area (Å²) >= 11 is 0. The van der Waals surface area contributed by atoms with Crippen LogP contribution in [0, 0.1) is 5.82 Å². The van der Waals surface area contributed by atoms with E-state index >= 15 is 0 Å². The fourth-order valence-electron chi connectivity index (χ4n) is 2.39. The average molecular weight is 347 g/mol. The summed E-state index contributed by atoms with van der Waals surface area (Å²) < 4.78 is 28.8. The molecule has 8 heteroatoms. The molecule has 1 unspecified atom stereocenters. The lowest BCUT2D eigenvalue weighted by molar-refractivity contribution is -0.133. The lowest BCUT2D eigenvalue weighted by Crippen LogP contribution is -2.12. The molecule has 2 heterocycles. The van der Waals surface area contributed by atoms with Crippen LogP contribution in [0.4, 0.5) is 4.39 Å². The van der Waals surface area contributed by atoms with E-state index in [9.17, 15) is 13.4 Å². The molecule has 0 radical (unpaired) electrons. The van der Waals surface area contributed by atoms with Crippen molar-refractivity contribution in [1.82, 2.24) is 14.3 Å². The van der Waals surface area contributed by atoms with E-state index in [1.165, 1.54) is 23.0 Å². The van der Waals surface area contributed by atoms with Crippen LogP contribution in [0.15, 0.2) is 55.0 Å². The molecule has 24 heavy (non-hydrogen) atoms. The van der Waals surface area contributed by atoms with Crippen molar-refractivity contribution in [3.63, 3.8) is 0 Å². The molecule has 2 aromatic heterocycles. The number of nitrogens with zero attached hydrogens (tertiary/aromatic N) is 3. The molecule has 3 aromatic rings.